The summed E-state index contributed by atoms with van der Waals surface area (Å²) in [5, 5.41) is 12.7. The Kier molecular flexibility index (Phi) is 8.00. The van der Waals surface area contributed by atoms with Crippen LogP contribution in [0.4, 0.5) is 4.79 Å². The van der Waals surface area contributed by atoms with Crippen LogP contribution in [0.1, 0.15) is 38.9 Å². The Balaban J connectivity index is 2.11. The Morgan fingerprint density at radius 2 is 1.88 bits per heavy atom. The molecule has 136 valence electrons. The Hall–Kier alpha value is -2.32. The van der Waals surface area contributed by atoms with E-state index in [0.29, 0.717) is 37.2 Å². The second-order valence-corrected chi connectivity index (χ2v) is 6.19. The Morgan fingerprint density at radius 3 is 2.46 bits per heavy atom. The van der Waals surface area contributed by atoms with Crippen molar-refractivity contribution in [3.63, 3.8) is 0 Å². The van der Waals surface area contributed by atoms with E-state index in [1.54, 1.807) is 14.0 Å². The smallest absolute Gasteiger partial charge is 0.407 e. The molecule has 0 saturated heterocycles. The van der Waals surface area contributed by atoms with Gasteiger partial charge in [-0.2, -0.15) is 4.98 Å². The number of aliphatic imine (C=N–C) groups is 1. The van der Waals surface area contributed by atoms with Crippen LogP contribution in [-0.4, -0.2) is 54.5 Å². The van der Waals surface area contributed by atoms with Gasteiger partial charge in [0.1, 0.15) is 5.60 Å². The maximum Gasteiger partial charge on any atom is 0.407 e. The molecular weight excluding hydrogens is 312 g/mol. The van der Waals surface area contributed by atoms with E-state index in [0.717, 1.165) is 13.0 Å². The number of hydrogen-bond donors (Lipinski definition) is 3. The number of rotatable bonds is 7. The summed E-state index contributed by atoms with van der Waals surface area (Å²) in [7, 11) is 1.69. The first-order chi connectivity index (χ1) is 11.3. The highest BCUT2D eigenvalue weighted by Crippen LogP contribution is 2.05. The number of alkyl carbamates (subject to hydrolysis) is 1. The van der Waals surface area contributed by atoms with Crippen LogP contribution < -0.4 is 16.0 Å². The molecule has 1 aromatic heterocycles. The zero-order valence-electron chi connectivity index (χ0n) is 15.1. The summed E-state index contributed by atoms with van der Waals surface area (Å²) in [5.74, 6) is 1.95. The third-order valence-corrected chi connectivity index (χ3v) is 2.74. The molecule has 1 aromatic rings. The molecule has 0 radical (unpaired) electrons. The molecule has 0 atom stereocenters. The lowest BCUT2D eigenvalue weighted by molar-refractivity contribution is 0.0529. The van der Waals surface area contributed by atoms with Crippen LogP contribution in [0.25, 0.3) is 0 Å². The highest BCUT2D eigenvalue weighted by molar-refractivity contribution is 5.79. The number of hydrogen-bond acceptors (Lipinski definition) is 6. The van der Waals surface area contributed by atoms with Gasteiger partial charge < -0.3 is 25.2 Å². The fourth-order valence-electron chi connectivity index (χ4n) is 1.77. The van der Waals surface area contributed by atoms with Crippen LogP contribution >= 0.6 is 0 Å². The molecule has 0 bridgehead atoms. The van der Waals surface area contributed by atoms with Crippen molar-refractivity contribution >= 4 is 12.1 Å². The van der Waals surface area contributed by atoms with Crippen molar-refractivity contribution in [2.24, 2.45) is 4.99 Å². The average molecular weight is 340 g/mol. The summed E-state index contributed by atoms with van der Waals surface area (Å²) in [6.45, 7) is 8.98. The van der Waals surface area contributed by atoms with Crippen molar-refractivity contribution < 1.29 is 14.1 Å². The van der Waals surface area contributed by atoms with Crippen LogP contribution in [0.2, 0.25) is 0 Å². The fraction of sp³-hybridized carbons (Fsp3) is 0.733. The van der Waals surface area contributed by atoms with Crippen LogP contribution in [-0.2, 0) is 11.2 Å². The maximum absolute atomic E-state index is 11.5. The SMILES string of the molecule is CN=C(NCCCc1nc(C)no1)NCCNC(=O)OC(C)(C)C. The number of aromatic nitrogens is 2. The van der Waals surface area contributed by atoms with Crippen molar-refractivity contribution in [3.8, 4) is 0 Å². The number of aryl methyl sites for hydroxylation is 2. The molecule has 0 aliphatic rings. The van der Waals surface area contributed by atoms with Gasteiger partial charge in [-0.15, -0.1) is 0 Å². The molecule has 0 spiro atoms. The molecule has 3 N–H and O–H groups in total. The minimum absolute atomic E-state index is 0.429. The standard InChI is InChI=1S/C15H28N6O3/c1-11-20-12(24-21-11)7-6-8-17-13(16-5)18-9-10-19-14(22)23-15(2,3)4/h6-10H2,1-5H3,(H,19,22)(H2,16,17,18). The van der Waals surface area contributed by atoms with Gasteiger partial charge in [-0.25, -0.2) is 4.79 Å². The first-order valence-corrected chi connectivity index (χ1v) is 8.00. The monoisotopic (exact) mass is 340 g/mol. The van der Waals surface area contributed by atoms with Crippen LogP contribution in [0.3, 0.4) is 0 Å². The quantitative estimate of drug-likeness (QED) is 0.385. The third kappa shape index (κ3) is 8.96. The van der Waals surface area contributed by atoms with Gasteiger partial charge >= 0.3 is 6.09 Å². The molecule has 0 aliphatic heterocycles. The van der Waals surface area contributed by atoms with E-state index in [4.69, 9.17) is 9.26 Å². The number of carbonyl (C=O) groups excluding carboxylic acids is 1. The van der Waals surface area contributed by atoms with E-state index < -0.39 is 11.7 Å². The molecule has 1 rings (SSSR count). The first kappa shape index (κ1) is 19.7. The minimum atomic E-state index is -0.494. The molecule has 1 heterocycles. The second-order valence-electron chi connectivity index (χ2n) is 6.19. The summed E-state index contributed by atoms with van der Waals surface area (Å²) in [5.41, 5.74) is -0.494. The lowest BCUT2D eigenvalue weighted by Crippen LogP contribution is -2.42. The summed E-state index contributed by atoms with van der Waals surface area (Å²) in [4.78, 5) is 19.8. The predicted octanol–water partition coefficient (Wildman–Crippen LogP) is 1.00. The number of guanidine groups is 1. The summed E-state index contributed by atoms with van der Waals surface area (Å²) in [6.07, 6.45) is 1.13. The summed E-state index contributed by atoms with van der Waals surface area (Å²) < 4.78 is 10.2. The molecule has 9 heteroatoms. The zero-order chi connectivity index (χ0) is 18.0. The van der Waals surface area contributed by atoms with Gasteiger partial charge in [0.05, 0.1) is 0 Å². The van der Waals surface area contributed by atoms with Crippen molar-refractivity contribution in [1.29, 1.82) is 0 Å². The van der Waals surface area contributed by atoms with E-state index in [9.17, 15) is 4.79 Å². The molecule has 0 saturated carbocycles. The van der Waals surface area contributed by atoms with Gasteiger partial charge in [0.15, 0.2) is 11.8 Å². The predicted molar refractivity (Wildman–Crippen MR) is 91.0 cm³/mol. The number of ether oxygens (including phenoxy) is 1. The first-order valence-electron chi connectivity index (χ1n) is 8.00. The number of carbonyl (C=O) groups is 1. The molecule has 0 unspecified atom stereocenters. The largest absolute Gasteiger partial charge is 0.444 e. The van der Waals surface area contributed by atoms with Gasteiger partial charge in [-0.1, -0.05) is 5.16 Å². The molecule has 1 amide bonds. The summed E-state index contributed by atoms with van der Waals surface area (Å²) in [6, 6.07) is 0. The highest BCUT2D eigenvalue weighted by atomic mass is 16.6. The van der Waals surface area contributed by atoms with Crippen molar-refractivity contribution in [2.45, 2.75) is 46.1 Å². The van der Waals surface area contributed by atoms with Crippen molar-refractivity contribution in [3.05, 3.63) is 11.7 Å². The van der Waals surface area contributed by atoms with Crippen LogP contribution in [0.15, 0.2) is 9.52 Å². The molecule has 24 heavy (non-hydrogen) atoms. The number of nitrogens with zero attached hydrogens (tertiary/aromatic N) is 3. The van der Waals surface area contributed by atoms with E-state index >= 15 is 0 Å². The lowest BCUT2D eigenvalue weighted by atomic mass is 10.2. The minimum Gasteiger partial charge on any atom is -0.444 e. The van der Waals surface area contributed by atoms with Crippen LogP contribution in [0, 0.1) is 6.92 Å². The third-order valence-electron chi connectivity index (χ3n) is 2.74. The molecular formula is C15H28N6O3. The molecule has 0 aliphatic carbocycles. The number of nitrogens with one attached hydrogen (secondary N) is 3. The van der Waals surface area contributed by atoms with E-state index in [1.807, 2.05) is 20.8 Å². The Bertz CT molecular complexity index is 536. The fourth-order valence-corrected chi connectivity index (χ4v) is 1.77. The molecule has 9 nitrogen and oxygen atoms in total. The Labute approximate surface area is 142 Å². The van der Waals surface area contributed by atoms with E-state index in [1.165, 1.54) is 0 Å². The van der Waals surface area contributed by atoms with Gasteiger partial charge in [0.25, 0.3) is 0 Å². The van der Waals surface area contributed by atoms with Crippen molar-refractivity contribution in [1.82, 2.24) is 26.1 Å². The molecule has 0 aromatic carbocycles. The normalized spacial score (nSPS) is 12.0. The van der Waals surface area contributed by atoms with Gasteiger partial charge in [0.2, 0.25) is 5.89 Å². The van der Waals surface area contributed by atoms with Gasteiger partial charge in [0, 0.05) is 33.1 Å². The van der Waals surface area contributed by atoms with Crippen LogP contribution in [0.5, 0.6) is 0 Å². The highest BCUT2D eigenvalue weighted by Gasteiger charge is 2.15. The maximum atomic E-state index is 11.5. The van der Waals surface area contributed by atoms with E-state index in [-0.39, 0.29) is 0 Å². The Morgan fingerprint density at radius 1 is 1.21 bits per heavy atom. The van der Waals surface area contributed by atoms with E-state index in [2.05, 4.69) is 31.1 Å². The van der Waals surface area contributed by atoms with Crippen molar-refractivity contribution in [2.75, 3.05) is 26.7 Å². The van der Waals surface area contributed by atoms with Gasteiger partial charge in [-0.3, -0.25) is 4.99 Å². The lowest BCUT2D eigenvalue weighted by Gasteiger charge is -2.19. The van der Waals surface area contributed by atoms with Gasteiger partial charge in [-0.05, 0) is 34.1 Å². The molecule has 0 fully saturated rings. The summed E-state index contributed by atoms with van der Waals surface area (Å²) >= 11 is 0. The topological polar surface area (TPSA) is 114 Å². The second kappa shape index (κ2) is 9.74. The zero-order valence-corrected chi connectivity index (χ0v) is 15.1. The average Bonchev–Trinajstić information content (AvgIpc) is 2.89. The number of amides is 1.